The monoisotopic (exact) mass is 246 g/mol. The van der Waals surface area contributed by atoms with Crippen LogP contribution in [0.1, 0.15) is 48.5 Å². The molecule has 1 fully saturated rings. The molecular weight excluding hydrogens is 224 g/mol. The number of carbonyl (C=O) groups excluding carboxylic acids is 1. The van der Waals surface area contributed by atoms with Gasteiger partial charge in [0.2, 0.25) is 0 Å². The molecule has 1 aliphatic rings. The Balaban J connectivity index is 2.19. The SMILES string of the molecule is CCCCN(C(=O)c1cc(N)ccc1C)C1CC1. The van der Waals surface area contributed by atoms with Gasteiger partial charge in [-0.05, 0) is 43.9 Å². The van der Waals surface area contributed by atoms with E-state index in [1.54, 1.807) is 6.07 Å². The number of carbonyl (C=O) groups is 1. The summed E-state index contributed by atoms with van der Waals surface area (Å²) in [4.78, 5) is 14.6. The Hall–Kier alpha value is -1.51. The van der Waals surface area contributed by atoms with Crippen LogP contribution >= 0.6 is 0 Å². The average molecular weight is 246 g/mol. The van der Waals surface area contributed by atoms with Crippen molar-refractivity contribution < 1.29 is 4.79 Å². The minimum atomic E-state index is 0.149. The number of aryl methyl sites for hydroxylation is 1. The number of hydrogen-bond acceptors (Lipinski definition) is 2. The van der Waals surface area contributed by atoms with Gasteiger partial charge in [0.25, 0.3) is 5.91 Å². The lowest BCUT2D eigenvalue weighted by Gasteiger charge is -2.23. The highest BCUT2D eigenvalue weighted by atomic mass is 16.2. The first-order chi connectivity index (χ1) is 8.63. The number of hydrogen-bond donors (Lipinski definition) is 1. The molecule has 2 rings (SSSR count). The van der Waals surface area contributed by atoms with Crippen LogP contribution in [0.15, 0.2) is 18.2 Å². The molecule has 0 aromatic heterocycles. The summed E-state index contributed by atoms with van der Waals surface area (Å²) in [7, 11) is 0. The summed E-state index contributed by atoms with van der Waals surface area (Å²) >= 11 is 0. The lowest BCUT2D eigenvalue weighted by Crippen LogP contribution is -2.34. The van der Waals surface area contributed by atoms with Gasteiger partial charge in [0, 0.05) is 23.8 Å². The number of anilines is 1. The number of unbranched alkanes of at least 4 members (excludes halogenated alkanes) is 1. The van der Waals surface area contributed by atoms with E-state index in [2.05, 4.69) is 6.92 Å². The summed E-state index contributed by atoms with van der Waals surface area (Å²) in [6.07, 6.45) is 4.49. The van der Waals surface area contributed by atoms with E-state index in [0.29, 0.717) is 11.7 Å². The Labute approximate surface area is 109 Å². The van der Waals surface area contributed by atoms with Crippen molar-refractivity contribution in [3.63, 3.8) is 0 Å². The quantitative estimate of drug-likeness (QED) is 0.812. The topological polar surface area (TPSA) is 46.3 Å². The minimum Gasteiger partial charge on any atom is -0.399 e. The molecule has 0 saturated heterocycles. The third-order valence-electron chi connectivity index (χ3n) is 3.49. The summed E-state index contributed by atoms with van der Waals surface area (Å²) in [5.74, 6) is 0.149. The molecule has 0 bridgehead atoms. The van der Waals surface area contributed by atoms with Crippen LogP contribution in [0.2, 0.25) is 0 Å². The number of nitrogens with two attached hydrogens (primary N) is 1. The molecule has 1 aliphatic carbocycles. The van der Waals surface area contributed by atoms with Crippen LogP contribution < -0.4 is 5.73 Å². The Bertz CT molecular complexity index is 438. The highest BCUT2D eigenvalue weighted by Crippen LogP contribution is 2.29. The van der Waals surface area contributed by atoms with E-state index in [4.69, 9.17) is 5.73 Å². The van der Waals surface area contributed by atoms with E-state index < -0.39 is 0 Å². The van der Waals surface area contributed by atoms with Gasteiger partial charge in [0.15, 0.2) is 0 Å². The number of amides is 1. The van der Waals surface area contributed by atoms with Crippen LogP contribution in [0.3, 0.4) is 0 Å². The van der Waals surface area contributed by atoms with E-state index >= 15 is 0 Å². The van der Waals surface area contributed by atoms with Crippen molar-refractivity contribution in [2.24, 2.45) is 0 Å². The molecule has 0 heterocycles. The van der Waals surface area contributed by atoms with Gasteiger partial charge >= 0.3 is 0 Å². The molecule has 0 radical (unpaired) electrons. The molecular formula is C15H22N2O. The maximum absolute atomic E-state index is 12.6. The molecule has 1 aromatic carbocycles. The number of rotatable bonds is 5. The van der Waals surface area contributed by atoms with Gasteiger partial charge in [-0.25, -0.2) is 0 Å². The first-order valence-electron chi connectivity index (χ1n) is 6.80. The summed E-state index contributed by atoms with van der Waals surface area (Å²) in [6, 6.07) is 6.04. The van der Waals surface area contributed by atoms with Crippen LogP contribution in [0.25, 0.3) is 0 Å². The largest absolute Gasteiger partial charge is 0.399 e. The molecule has 0 unspecified atom stereocenters. The number of nitrogen functional groups attached to an aromatic ring is 1. The van der Waals surface area contributed by atoms with Gasteiger partial charge in [-0.2, -0.15) is 0 Å². The van der Waals surface area contributed by atoms with E-state index in [0.717, 1.165) is 43.4 Å². The van der Waals surface area contributed by atoms with E-state index in [1.165, 1.54) is 0 Å². The van der Waals surface area contributed by atoms with Gasteiger partial charge < -0.3 is 10.6 Å². The Morgan fingerprint density at radius 3 is 2.78 bits per heavy atom. The molecule has 0 atom stereocenters. The zero-order chi connectivity index (χ0) is 13.1. The molecule has 3 heteroatoms. The van der Waals surface area contributed by atoms with Crippen molar-refractivity contribution in [2.45, 2.75) is 45.6 Å². The second kappa shape index (κ2) is 5.42. The zero-order valence-electron chi connectivity index (χ0n) is 11.3. The Morgan fingerprint density at radius 1 is 1.44 bits per heavy atom. The van der Waals surface area contributed by atoms with Crippen LogP contribution in [0.5, 0.6) is 0 Å². The Kier molecular flexibility index (Phi) is 3.90. The summed E-state index contributed by atoms with van der Waals surface area (Å²) in [6.45, 7) is 4.99. The molecule has 18 heavy (non-hydrogen) atoms. The van der Waals surface area contributed by atoms with Gasteiger partial charge in [-0.3, -0.25) is 4.79 Å². The van der Waals surface area contributed by atoms with Gasteiger partial charge in [0.1, 0.15) is 0 Å². The fourth-order valence-electron chi connectivity index (χ4n) is 2.19. The van der Waals surface area contributed by atoms with Gasteiger partial charge in [0.05, 0.1) is 0 Å². The maximum atomic E-state index is 12.6. The molecule has 98 valence electrons. The molecule has 3 nitrogen and oxygen atoms in total. The van der Waals surface area contributed by atoms with Crippen LogP contribution in [-0.2, 0) is 0 Å². The Morgan fingerprint density at radius 2 is 2.17 bits per heavy atom. The first kappa shape index (κ1) is 12.9. The molecule has 0 spiro atoms. The van der Waals surface area contributed by atoms with Crippen LogP contribution in [0, 0.1) is 6.92 Å². The van der Waals surface area contributed by atoms with E-state index in [1.807, 2.05) is 24.0 Å². The summed E-state index contributed by atoms with van der Waals surface area (Å²) in [5, 5.41) is 0. The van der Waals surface area contributed by atoms with Crippen molar-refractivity contribution in [2.75, 3.05) is 12.3 Å². The first-order valence-corrected chi connectivity index (χ1v) is 6.80. The minimum absolute atomic E-state index is 0.149. The van der Waals surface area contributed by atoms with E-state index in [-0.39, 0.29) is 5.91 Å². The van der Waals surface area contributed by atoms with Crippen molar-refractivity contribution in [1.29, 1.82) is 0 Å². The lowest BCUT2D eigenvalue weighted by atomic mass is 10.1. The molecule has 1 amide bonds. The van der Waals surface area contributed by atoms with Gasteiger partial charge in [-0.1, -0.05) is 19.4 Å². The van der Waals surface area contributed by atoms with E-state index in [9.17, 15) is 4.79 Å². The van der Waals surface area contributed by atoms with Crippen molar-refractivity contribution in [3.05, 3.63) is 29.3 Å². The average Bonchev–Trinajstić information content (AvgIpc) is 3.17. The lowest BCUT2D eigenvalue weighted by molar-refractivity contribution is 0.0740. The van der Waals surface area contributed by atoms with Crippen molar-refractivity contribution in [3.8, 4) is 0 Å². The smallest absolute Gasteiger partial charge is 0.254 e. The molecule has 0 aliphatic heterocycles. The normalized spacial score (nSPS) is 14.6. The molecule has 1 saturated carbocycles. The predicted molar refractivity (Wildman–Crippen MR) is 74.6 cm³/mol. The zero-order valence-corrected chi connectivity index (χ0v) is 11.3. The summed E-state index contributed by atoms with van der Waals surface area (Å²) < 4.78 is 0. The van der Waals surface area contributed by atoms with Gasteiger partial charge in [-0.15, -0.1) is 0 Å². The summed E-state index contributed by atoms with van der Waals surface area (Å²) in [5.41, 5.74) is 8.22. The number of nitrogens with zero attached hydrogens (tertiary/aromatic N) is 1. The fraction of sp³-hybridized carbons (Fsp3) is 0.533. The van der Waals surface area contributed by atoms with Crippen molar-refractivity contribution in [1.82, 2.24) is 4.90 Å². The second-order valence-electron chi connectivity index (χ2n) is 5.16. The maximum Gasteiger partial charge on any atom is 0.254 e. The highest BCUT2D eigenvalue weighted by Gasteiger charge is 2.32. The number of benzene rings is 1. The third kappa shape index (κ3) is 2.84. The standard InChI is InChI=1S/C15H22N2O/c1-3-4-9-17(13-7-8-13)15(18)14-10-12(16)6-5-11(14)2/h5-6,10,13H,3-4,7-9,16H2,1-2H3. The molecule has 1 aromatic rings. The van der Waals surface area contributed by atoms with Crippen LogP contribution in [-0.4, -0.2) is 23.4 Å². The molecule has 2 N–H and O–H groups in total. The third-order valence-corrected chi connectivity index (χ3v) is 3.49. The van der Waals surface area contributed by atoms with Crippen molar-refractivity contribution >= 4 is 11.6 Å². The second-order valence-corrected chi connectivity index (χ2v) is 5.16. The predicted octanol–water partition coefficient (Wildman–Crippen LogP) is 2.98. The fourth-order valence-corrected chi connectivity index (χ4v) is 2.19. The highest BCUT2D eigenvalue weighted by molar-refractivity contribution is 5.96. The van der Waals surface area contributed by atoms with Crippen LogP contribution in [0.4, 0.5) is 5.69 Å².